The van der Waals surface area contributed by atoms with Gasteiger partial charge in [0, 0.05) is 24.0 Å². The van der Waals surface area contributed by atoms with Gasteiger partial charge >= 0.3 is 0 Å². The first-order chi connectivity index (χ1) is 8.83. The molecule has 0 saturated carbocycles. The van der Waals surface area contributed by atoms with Gasteiger partial charge in [-0.05, 0) is 29.1 Å². The molecule has 1 aromatic carbocycles. The number of nitrogens with one attached hydrogen (secondary N) is 1. The molecule has 96 valence electrons. The molecule has 18 heavy (non-hydrogen) atoms. The van der Waals surface area contributed by atoms with E-state index < -0.39 is 0 Å². The Bertz CT molecular complexity index is 470. The van der Waals surface area contributed by atoms with Crippen LogP contribution in [-0.4, -0.2) is 13.7 Å². The van der Waals surface area contributed by atoms with Crippen molar-refractivity contribution in [1.82, 2.24) is 5.32 Å². The molecule has 4 heteroatoms. The van der Waals surface area contributed by atoms with Gasteiger partial charge in [-0.1, -0.05) is 18.2 Å². The molecule has 0 aliphatic heterocycles. The first-order valence-electron chi connectivity index (χ1n) is 5.93. The van der Waals surface area contributed by atoms with Crippen LogP contribution < -0.4 is 15.8 Å². The SMILES string of the molecule is COc1cccc(C(CN)NCc2cccs2)c1. The summed E-state index contributed by atoms with van der Waals surface area (Å²) in [4.78, 5) is 1.32. The molecule has 0 saturated heterocycles. The minimum atomic E-state index is 0.155. The van der Waals surface area contributed by atoms with Crippen LogP contribution in [0.4, 0.5) is 0 Å². The quantitative estimate of drug-likeness (QED) is 0.841. The molecular formula is C14H18N2OS. The Kier molecular flexibility index (Phi) is 4.75. The Labute approximate surface area is 112 Å². The second-order valence-electron chi connectivity index (χ2n) is 4.03. The van der Waals surface area contributed by atoms with E-state index in [-0.39, 0.29) is 6.04 Å². The molecule has 0 fully saturated rings. The number of thiophene rings is 1. The zero-order valence-electron chi connectivity index (χ0n) is 10.4. The largest absolute Gasteiger partial charge is 0.497 e. The second-order valence-corrected chi connectivity index (χ2v) is 5.06. The highest BCUT2D eigenvalue weighted by Gasteiger charge is 2.09. The maximum atomic E-state index is 5.84. The molecule has 3 N–H and O–H groups in total. The predicted molar refractivity (Wildman–Crippen MR) is 75.9 cm³/mol. The molecule has 0 aliphatic carbocycles. The monoisotopic (exact) mass is 262 g/mol. The molecule has 1 unspecified atom stereocenters. The van der Waals surface area contributed by atoms with E-state index in [9.17, 15) is 0 Å². The summed E-state index contributed by atoms with van der Waals surface area (Å²) >= 11 is 1.75. The summed E-state index contributed by atoms with van der Waals surface area (Å²) in [5.74, 6) is 0.865. The lowest BCUT2D eigenvalue weighted by Crippen LogP contribution is -2.27. The van der Waals surface area contributed by atoms with Gasteiger partial charge in [-0.2, -0.15) is 0 Å². The number of rotatable bonds is 6. The van der Waals surface area contributed by atoms with E-state index in [1.807, 2.05) is 18.2 Å². The van der Waals surface area contributed by atoms with Gasteiger partial charge in [0.15, 0.2) is 0 Å². The minimum Gasteiger partial charge on any atom is -0.497 e. The Morgan fingerprint density at radius 2 is 2.22 bits per heavy atom. The van der Waals surface area contributed by atoms with Gasteiger partial charge in [0.1, 0.15) is 5.75 Å². The highest BCUT2D eigenvalue weighted by molar-refractivity contribution is 7.09. The van der Waals surface area contributed by atoms with Gasteiger partial charge in [0.2, 0.25) is 0 Å². The van der Waals surface area contributed by atoms with E-state index in [1.54, 1.807) is 18.4 Å². The number of nitrogens with two attached hydrogens (primary N) is 1. The normalized spacial score (nSPS) is 12.3. The van der Waals surface area contributed by atoms with Crippen LogP contribution in [0.5, 0.6) is 5.75 Å². The van der Waals surface area contributed by atoms with Crippen LogP contribution in [0, 0.1) is 0 Å². The number of benzene rings is 1. The lowest BCUT2D eigenvalue weighted by atomic mass is 10.1. The molecule has 0 aliphatic rings. The standard InChI is InChI=1S/C14H18N2OS/c1-17-12-5-2-4-11(8-12)14(9-15)16-10-13-6-3-7-18-13/h2-8,14,16H,9-10,15H2,1H3. The first kappa shape index (κ1) is 13.1. The lowest BCUT2D eigenvalue weighted by Gasteiger charge is -2.17. The molecular weight excluding hydrogens is 244 g/mol. The first-order valence-corrected chi connectivity index (χ1v) is 6.81. The van der Waals surface area contributed by atoms with Gasteiger partial charge < -0.3 is 15.8 Å². The van der Waals surface area contributed by atoms with E-state index in [2.05, 4.69) is 28.9 Å². The van der Waals surface area contributed by atoms with Crippen LogP contribution in [0.15, 0.2) is 41.8 Å². The maximum Gasteiger partial charge on any atom is 0.119 e. The average molecular weight is 262 g/mol. The third kappa shape index (κ3) is 3.32. The van der Waals surface area contributed by atoms with E-state index in [0.717, 1.165) is 17.9 Å². The Hall–Kier alpha value is -1.36. The summed E-state index contributed by atoms with van der Waals surface area (Å²) in [6.45, 7) is 1.41. The fraction of sp³-hybridized carbons (Fsp3) is 0.286. The fourth-order valence-electron chi connectivity index (χ4n) is 1.83. The number of ether oxygens (including phenoxy) is 1. The van der Waals surface area contributed by atoms with E-state index in [0.29, 0.717) is 6.54 Å². The zero-order valence-corrected chi connectivity index (χ0v) is 11.2. The van der Waals surface area contributed by atoms with Crippen molar-refractivity contribution in [2.75, 3.05) is 13.7 Å². The van der Waals surface area contributed by atoms with E-state index >= 15 is 0 Å². The third-order valence-electron chi connectivity index (χ3n) is 2.83. The van der Waals surface area contributed by atoms with Crippen molar-refractivity contribution in [2.24, 2.45) is 5.73 Å². The molecule has 0 bridgehead atoms. The molecule has 2 rings (SSSR count). The summed E-state index contributed by atoms with van der Waals surface area (Å²) in [6.07, 6.45) is 0. The molecule has 0 spiro atoms. The summed E-state index contributed by atoms with van der Waals surface area (Å²) in [6, 6.07) is 12.4. The molecule has 2 aromatic rings. The highest BCUT2D eigenvalue weighted by Crippen LogP contribution is 2.19. The van der Waals surface area contributed by atoms with Crippen molar-refractivity contribution >= 4 is 11.3 Å². The minimum absolute atomic E-state index is 0.155. The van der Waals surface area contributed by atoms with Gasteiger partial charge in [-0.25, -0.2) is 0 Å². The van der Waals surface area contributed by atoms with Crippen LogP contribution in [0.3, 0.4) is 0 Å². The predicted octanol–water partition coefficient (Wildman–Crippen LogP) is 2.55. The summed E-state index contributed by atoms with van der Waals surface area (Å²) in [7, 11) is 1.68. The Morgan fingerprint density at radius 3 is 2.89 bits per heavy atom. The van der Waals surface area contributed by atoms with Crippen molar-refractivity contribution in [3.63, 3.8) is 0 Å². The highest BCUT2D eigenvalue weighted by atomic mass is 32.1. The topological polar surface area (TPSA) is 47.3 Å². The molecule has 0 radical (unpaired) electrons. The molecule has 1 atom stereocenters. The number of hydrogen-bond acceptors (Lipinski definition) is 4. The van der Waals surface area contributed by atoms with Gasteiger partial charge in [0.25, 0.3) is 0 Å². The Morgan fingerprint density at radius 1 is 1.33 bits per heavy atom. The molecule has 1 aromatic heterocycles. The van der Waals surface area contributed by atoms with E-state index in [4.69, 9.17) is 10.5 Å². The summed E-state index contributed by atoms with van der Waals surface area (Å²) in [5, 5.41) is 5.55. The van der Waals surface area contributed by atoms with Crippen molar-refractivity contribution in [3.05, 3.63) is 52.2 Å². The number of methoxy groups -OCH3 is 1. The average Bonchev–Trinajstić information content (AvgIpc) is 2.93. The van der Waals surface area contributed by atoms with Gasteiger partial charge in [-0.3, -0.25) is 0 Å². The van der Waals surface area contributed by atoms with Crippen LogP contribution in [0.1, 0.15) is 16.5 Å². The molecule has 1 heterocycles. The summed E-state index contributed by atoms with van der Waals surface area (Å²) < 4.78 is 5.23. The van der Waals surface area contributed by atoms with Crippen LogP contribution >= 0.6 is 11.3 Å². The summed E-state index contributed by atoms with van der Waals surface area (Å²) in [5.41, 5.74) is 7.00. The fourth-order valence-corrected chi connectivity index (χ4v) is 2.49. The van der Waals surface area contributed by atoms with Gasteiger partial charge in [-0.15, -0.1) is 11.3 Å². The zero-order chi connectivity index (χ0) is 12.8. The van der Waals surface area contributed by atoms with Crippen molar-refractivity contribution in [1.29, 1.82) is 0 Å². The van der Waals surface area contributed by atoms with Gasteiger partial charge in [0.05, 0.1) is 7.11 Å². The van der Waals surface area contributed by atoms with Crippen LogP contribution in [0.25, 0.3) is 0 Å². The van der Waals surface area contributed by atoms with E-state index in [1.165, 1.54) is 4.88 Å². The molecule has 0 amide bonds. The lowest BCUT2D eigenvalue weighted by molar-refractivity contribution is 0.413. The number of hydrogen-bond donors (Lipinski definition) is 2. The third-order valence-corrected chi connectivity index (χ3v) is 3.71. The van der Waals surface area contributed by atoms with Crippen LogP contribution in [0.2, 0.25) is 0 Å². The van der Waals surface area contributed by atoms with Crippen LogP contribution in [-0.2, 0) is 6.54 Å². The van der Waals surface area contributed by atoms with Crippen molar-refractivity contribution in [3.8, 4) is 5.75 Å². The smallest absolute Gasteiger partial charge is 0.119 e. The molecule has 3 nitrogen and oxygen atoms in total. The van der Waals surface area contributed by atoms with Crippen molar-refractivity contribution < 1.29 is 4.74 Å². The maximum absolute atomic E-state index is 5.84. The second kappa shape index (κ2) is 6.54. The van der Waals surface area contributed by atoms with Crippen molar-refractivity contribution in [2.45, 2.75) is 12.6 Å². The Balaban J connectivity index is 2.03.